The number of carbonyl (C=O) groups excluding carboxylic acids is 1. The number of carbonyl (C=O) groups is 1. The van der Waals surface area contributed by atoms with Gasteiger partial charge in [-0.25, -0.2) is 4.79 Å². The number of halogens is 2. The molecule has 0 bridgehead atoms. The fourth-order valence-electron chi connectivity index (χ4n) is 2.80. The van der Waals surface area contributed by atoms with E-state index in [0.29, 0.717) is 13.1 Å². The maximum atomic E-state index is 12.1. The van der Waals surface area contributed by atoms with E-state index in [1.54, 1.807) is 4.90 Å². The smallest absolute Gasteiger partial charge is 0.410 e. The van der Waals surface area contributed by atoms with Gasteiger partial charge in [-0.3, -0.25) is 0 Å². The van der Waals surface area contributed by atoms with E-state index in [4.69, 9.17) is 4.74 Å². The van der Waals surface area contributed by atoms with Crippen molar-refractivity contribution in [1.29, 1.82) is 0 Å². The number of anilines is 1. The van der Waals surface area contributed by atoms with E-state index in [-0.39, 0.29) is 30.9 Å². The molecule has 1 aliphatic rings. The van der Waals surface area contributed by atoms with Crippen LogP contribution in [-0.2, 0) is 4.74 Å². The maximum absolute atomic E-state index is 12.1. The van der Waals surface area contributed by atoms with Crippen molar-refractivity contribution < 1.29 is 9.53 Å². The number of H-pyrrole nitrogens is 1. The third-order valence-electron chi connectivity index (χ3n) is 3.84. The lowest BCUT2D eigenvalue weighted by atomic mass is 10.1. The predicted octanol–water partition coefficient (Wildman–Crippen LogP) is 4.07. The van der Waals surface area contributed by atoms with Gasteiger partial charge in [0.2, 0.25) is 0 Å². The summed E-state index contributed by atoms with van der Waals surface area (Å²) in [5, 5.41) is 1.23. The average molecular weight is 374 g/mol. The largest absolute Gasteiger partial charge is 0.444 e. The van der Waals surface area contributed by atoms with Crippen molar-refractivity contribution in [3.63, 3.8) is 0 Å². The van der Waals surface area contributed by atoms with E-state index < -0.39 is 5.60 Å². The van der Waals surface area contributed by atoms with Gasteiger partial charge in [0.15, 0.2) is 0 Å². The quantitative estimate of drug-likeness (QED) is 0.819. The second kappa shape index (κ2) is 7.99. The van der Waals surface area contributed by atoms with Gasteiger partial charge < -0.3 is 19.5 Å². The highest BCUT2D eigenvalue weighted by atomic mass is 35.5. The molecular weight excluding hydrogens is 349 g/mol. The number of hydrogen-bond acceptors (Lipinski definition) is 3. The van der Waals surface area contributed by atoms with Crippen LogP contribution >= 0.6 is 24.8 Å². The van der Waals surface area contributed by atoms with Crippen LogP contribution in [0, 0.1) is 0 Å². The van der Waals surface area contributed by atoms with Crippen LogP contribution in [0.25, 0.3) is 10.9 Å². The molecule has 2 heterocycles. The van der Waals surface area contributed by atoms with Gasteiger partial charge in [-0.1, -0.05) is 6.07 Å². The van der Waals surface area contributed by atoms with Gasteiger partial charge in [-0.05, 0) is 39.0 Å². The number of nitrogens with zero attached hydrogens (tertiary/aromatic N) is 2. The standard InChI is InChI=1S/C17H23N3O2.2ClH/c1-17(2,3)22-16(21)20-11-9-19(10-12-20)15-6-4-5-14-13(15)7-8-18-14;;/h4-8,18H,9-12H2,1-3H3;2*1H. The van der Waals surface area contributed by atoms with E-state index in [9.17, 15) is 4.79 Å². The van der Waals surface area contributed by atoms with Crippen LogP contribution in [0.15, 0.2) is 30.5 Å². The van der Waals surface area contributed by atoms with Gasteiger partial charge in [0, 0.05) is 49.0 Å². The molecule has 0 unspecified atom stereocenters. The zero-order chi connectivity index (χ0) is 15.7. The third kappa shape index (κ3) is 4.48. The summed E-state index contributed by atoms with van der Waals surface area (Å²) in [6.45, 7) is 8.72. The van der Waals surface area contributed by atoms with Crippen molar-refractivity contribution in [2.45, 2.75) is 26.4 Å². The molecule has 3 rings (SSSR count). The summed E-state index contributed by atoms with van der Waals surface area (Å²) in [6, 6.07) is 8.38. The highest BCUT2D eigenvalue weighted by Gasteiger charge is 2.26. The summed E-state index contributed by atoms with van der Waals surface area (Å²) in [5.41, 5.74) is 1.93. The molecule has 0 atom stereocenters. The maximum Gasteiger partial charge on any atom is 0.410 e. The number of rotatable bonds is 1. The summed E-state index contributed by atoms with van der Waals surface area (Å²) in [4.78, 5) is 19.5. The Morgan fingerprint density at radius 3 is 2.38 bits per heavy atom. The summed E-state index contributed by atoms with van der Waals surface area (Å²) in [6.07, 6.45) is 1.75. The minimum atomic E-state index is -0.440. The number of ether oxygens (including phenoxy) is 1. The lowest BCUT2D eigenvalue weighted by Gasteiger charge is -2.37. The normalized spacial score (nSPS) is 14.8. The summed E-state index contributed by atoms with van der Waals surface area (Å²) < 4.78 is 5.44. The molecule has 0 spiro atoms. The third-order valence-corrected chi connectivity index (χ3v) is 3.84. The van der Waals surface area contributed by atoms with Crippen LogP contribution < -0.4 is 4.90 Å². The van der Waals surface area contributed by atoms with Crippen molar-refractivity contribution >= 4 is 47.5 Å². The Morgan fingerprint density at radius 1 is 1.08 bits per heavy atom. The van der Waals surface area contributed by atoms with Crippen LogP contribution in [0.4, 0.5) is 10.5 Å². The second-order valence-electron chi connectivity index (χ2n) is 6.67. The molecule has 5 nitrogen and oxygen atoms in total. The molecule has 0 aliphatic carbocycles. The average Bonchev–Trinajstić information content (AvgIpc) is 2.94. The minimum Gasteiger partial charge on any atom is -0.444 e. The number of piperazine rings is 1. The van der Waals surface area contributed by atoms with E-state index in [1.165, 1.54) is 11.1 Å². The van der Waals surface area contributed by atoms with Crippen molar-refractivity contribution in [3.05, 3.63) is 30.5 Å². The molecule has 7 heteroatoms. The number of benzene rings is 1. The number of fused-ring (bicyclic) bond motifs is 1. The van der Waals surface area contributed by atoms with E-state index in [0.717, 1.165) is 18.6 Å². The number of amides is 1. The van der Waals surface area contributed by atoms with Crippen molar-refractivity contribution in [3.8, 4) is 0 Å². The van der Waals surface area contributed by atoms with Crippen LogP contribution in [0.3, 0.4) is 0 Å². The Balaban J connectivity index is 0.00000144. The number of hydrogen-bond donors (Lipinski definition) is 1. The molecule has 1 aromatic carbocycles. The first-order valence-electron chi connectivity index (χ1n) is 7.73. The van der Waals surface area contributed by atoms with Gasteiger partial charge in [-0.15, -0.1) is 24.8 Å². The fourth-order valence-corrected chi connectivity index (χ4v) is 2.80. The fraction of sp³-hybridized carbons (Fsp3) is 0.471. The Morgan fingerprint density at radius 2 is 1.75 bits per heavy atom. The number of nitrogens with one attached hydrogen (secondary N) is 1. The van der Waals surface area contributed by atoms with Crippen molar-refractivity contribution in [2.75, 3.05) is 31.1 Å². The van der Waals surface area contributed by atoms with Gasteiger partial charge in [0.1, 0.15) is 5.60 Å². The number of aromatic amines is 1. The van der Waals surface area contributed by atoms with E-state index in [1.807, 2.05) is 27.0 Å². The highest BCUT2D eigenvalue weighted by Crippen LogP contribution is 2.27. The molecule has 1 saturated heterocycles. The van der Waals surface area contributed by atoms with Gasteiger partial charge in [0.25, 0.3) is 0 Å². The lowest BCUT2D eigenvalue weighted by Crippen LogP contribution is -2.50. The molecule has 2 aromatic rings. The first-order valence-corrected chi connectivity index (χ1v) is 7.73. The van der Waals surface area contributed by atoms with Crippen molar-refractivity contribution in [2.24, 2.45) is 0 Å². The van der Waals surface area contributed by atoms with Crippen molar-refractivity contribution in [1.82, 2.24) is 9.88 Å². The lowest BCUT2D eigenvalue weighted by molar-refractivity contribution is 0.0241. The second-order valence-corrected chi connectivity index (χ2v) is 6.67. The van der Waals surface area contributed by atoms with Crippen LogP contribution in [-0.4, -0.2) is 47.8 Å². The summed E-state index contributed by atoms with van der Waals surface area (Å²) in [5.74, 6) is 0. The molecule has 1 amide bonds. The number of aromatic nitrogens is 1. The van der Waals surface area contributed by atoms with Crippen LogP contribution in [0.1, 0.15) is 20.8 Å². The first kappa shape index (κ1) is 20.5. The Kier molecular flexibility index (Phi) is 6.81. The predicted molar refractivity (Wildman–Crippen MR) is 103 cm³/mol. The Labute approximate surface area is 155 Å². The molecule has 1 aromatic heterocycles. The van der Waals surface area contributed by atoms with Crippen LogP contribution in [0.5, 0.6) is 0 Å². The molecule has 0 radical (unpaired) electrons. The van der Waals surface area contributed by atoms with Crippen LogP contribution in [0.2, 0.25) is 0 Å². The Bertz CT molecular complexity index is 674. The molecule has 134 valence electrons. The van der Waals surface area contributed by atoms with Gasteiger partial charge in [-0.2, -0.15) is 0 Å². The monoisotopic (exact) mass is 373 g/mol. The molecular formula is C17H25Cl2N3O2. The molecule has 1 fully saturated rings. The summed E-state index contributed by atoms with van der Waals surface area (Å²) in [7, 11) is 0. The zero-order valence-corrected chi connectivity index (χ0v) is 15.9. The molecule has 0 saturated carbocycles. The summed E-state index contributed by atoms with van der Waals surface area (Å²) >= 11 is 0. The molecule has 1 aliphatic heterocycles. The highest BCUT2D eigenvalue weighted by molar-refractivity contribution is 5.92. The molecule has 1 N–H and O–H groups in total. The van der Waals surface area contributed by atoms with E-state index >= 15 is 0 Å². The zero-order valence-electron chi connectivity index (χ0n) is 14.2. The minimum absolute atomic E-state index is 0. The Hall–Kier alpha value is -1.59. The van der Waals surface area contributed by atoms with Gasteiger partial charge >= 0.3 is 6.09 Å². The SMILES string of the molecule is CC(C)(C)OC(=O)N1CCN(c2cccc3[nH]ccc23)CC1.Cl.Cl. The topological polar surface area (TPSA) is 48.6 Å². The first-order chi connectivity index (χ1) is 10.4. The van der Waals surface area contributed by atoms with Gasteiger partial charge in [0.05, 0.1) is 0 Å². The van der Waals surface area contributed by atoms with E-state index in [2.05, 4.69) is 34.1 Å². The molecule has 24 heavy (non-hydrogen) atoms.